The van der Waals surface area contributed by atoms with E-state index in [4.69, 9.17) is 0 Å². The molecule has 0 spiro atoms. The van der Waals surface area contributed by atoms with Crippen LogP contribution in [0.2, 0.25) is 0 Å². The number of hydrogen-bond acceptors (Lipinski definition) is 4. The molecular formula is C17H21N5OS. The summed E-state index contributed by atoms with van der Waals surface area (Å²) in [7, 11) is 0. The molecule has 0 bridgehead atoms. The van der Waals surface area contributed by atoms with Crippen molar-refractivity contribution in [2.24, 2.45) is 5.41 Å². The number of carbonyl (C=O) groups is 1. The Morgan fingerprint density at radius 1 is 1.38 bits per heavy atom. The molecule has 126 valence electrons. The molecule has 24 heavy (non-hydrogen) atoms. The highest BCUT2D eigenvalue weighted by Gasteiger charge is 2.43. The van der Waals surface area contributed by atoms with Gasteiger partial charge in [0.2, 0.25) is 0 Å². The summed E-state index contributed by atoms with van der Waals surface area (Å²) in [5.74, 6) is -0.0435. The fourth-order valence-electron chi connectivity index (χ4n) is 3.24. The summed E-state index contributed by atoms with van der Waals surface area (Å²) in [5.41, 5.74) is 3.79. The van der Waals surface area contributed by atoms with Crippen molar-refractivity contribution < 1.29 is 4.79 Å². The number of amides is 1. The summed E-state index contributed by atoms with van der Waals surface area (Å²) in [6, 6.07) is 2.09. The minimum Gasteiger partial charge on any atom is -0.350 e. The van der Waals surface area contributed by atoms with Gasteiger partial charge in [-0.3, -0.25) is 13.9 Å². The minimum absolute atomic E-state index is 0.0435. The lowest BCUT2D eigenvalue weighted by molar-refractivity contribution is 0.0936. The van der Waals surface area contributed by atoms with Crippen molar-refractivity contribution in [1.82, 2.24) is 24.5 Å². The van der Waals surface area contributed by atoms with Crippen molar-refractivity contribution >= 4 is 22.2 Å². The number of thiazole rings is 1. The van der Waals surface area contributed by atoms with E-state index in [-0.39, 0.29) is 11.3 Å². The third kappa shape index (κ3) is 2.62. The van der Waals surface area contributed by atoms with Crippen molar-refractivity contribution in [1.29, 1.82) is 0 Å². The molecule has 3 aromatic heterocycles. The SMILES string of the molecule is Cc1cc(C)n(CC2(CNC(=O)c3c(C)nc4sccn34)CC2)n1. The number of hydrogen-bond donors (Lipinski definition) is 1. The van der Waals surface area contributed by atoms with Crippen LogP contribution in [0.4, 0.5) is 0 Å². The smallest absolute Gasteiger partial charge is 0.270 e. The van der Waals surface area contributed by atoms with Crippen LogP contribution >= 0.6 is 11.3 Å². The largest absolute Gasteiger partial charge is 0.350 e. The van der Waals surface area contributed by atoms with E-state index in [1.54, 1.807) is 11.3 Å². The molecule has 1 amide bonds. The highest BCUT2D eigenvalue weighted by atomic mass is 32.1. The average molecular weight is 343 g/mol. The Morgan fingerprint density at radius 3 is 2.83 bits per heavy atom. The van der Waals surface area contributed by atoms with Crippen LogP contribution in [0.15, 0.2) is 17.6 Å². The first-order chi connectivity index (χ1) is 11.5. The second-order valence-corrected chi connectivity index (χ2v) is 7.74. The van der Waals surface area contributed by atoms with Gasteiger partial charge in [-0.1, -0.05) is 0 Å². The molecule has 0 saturated heterocycles. The summed E-state index contributed by atoms with van der Waals surface area (Å²) in [4.78, 5) is 18.0. The third-order valence-electron chi connectivity index (χ3n) is 4.82. The number of nitrogens with zero attached hydrogens (tertiary/aromatic N) is 4. The lowest BCUT2D eigenvalue weighted by atomic mass is 10.1. The average Bonchev–Trinajstić information content (AvgIpc) is 2.82. The van der Waals surface area contributed by atoms with Crippen molar-refractivity contribution in [3.8, 4) is 0 Å². The maximum absolute atomic E-state index is 12.6. The second kappa shape index (κ2) is 5.44. The first-order valence-electron chi connectivity index (χ1n) is 8.19. The fourth-order valence-corrected chi connectivity index (χ4v) is 4.00. The van der Waals surface area contributed by atoms with Crippen LogP contribution < -0.4 is 5.32 Å². The van der Waals surface area contributed by atoms with Crippen LogP contribution in [0.1, 0.15) is 40.4 Å². The molecule has 6 nitrogen and oxygen atoms in total. The lowest BCUT2D eigenvalue weighted by Crippen LogP contribution is -2.33. The van der Waals surface area contributed by atoms with Gasteiger partial charge in [0, 0.05) is 35.8 Å². The van der Waals surface area contributed by atoms with E-state index in [0.717, 1.165) is 35.7 Å². The number of nitrogens with one attached hydrogen (secondary N) is 1. The van der Waals surface area contributed by atoms with E-state index in [0.29, 0.717) is 12.2 Å². The van der Waals surface area contributed by atoms with Gasteiger partial charge >= 0.3 is 0 Å². The van der Waals surface area contributed by atoms with E-state index >= 15 is 0 Å². The summed E-state index contributed by atoms with van der Waals surface area (Å²) in [6.45, 7) is 7.53. The Labute approximate surface area is 144 Å². The third-order valence-corrected chi connectivity index (χ3v) is 5.58. The first kappa shape index (κ1) is 15.4. The highest BCUT2D eigenvalue weighted by molar-refractivity contribution is 7.15. The zero-order valence-corrected chi connectivity index (χ0v) is 15.0. The van der Waals surface area contributed by atoms with E-state index in [2.05, 4.69) is 33.1 Å². The lowest BCUT2D eigenvalue weighted by Gasteiger charge is -2.17. The van der Waals surface area contributed by atoms with Crippen molar-refractivity contribution in [2.45, 2.75) is 40.2 Å². The summed E-state index contributed by atoms with van der Waals surface area (Å²) in [5, 5.41) is 9.62. The van der Waals surface area contributed by atoms with Crippen molar-refractivity contribution in [2.75, 3.05) is 6.54 Å². The molecule has 0 unspecified atom stereocenters. The van der Waals surface area contributed by atoms with Gasteiger partial charge in [0.05, 0.1) is 11.4 Å². The van der Waals surface area contributed by atoms with Crippen molar-refractivity contribution in [3.05, 3.63) is 40.4 Å². The number of aryl methyl sites for hydroxylation is 3. The topological polar surface area (TPSA) is 64.2 Å². The normalized spacial score (nSPS) is 15.8. The fraction of sp³-hybridized carbons (Fsp3) is 0.471. The zero-order chi connectivity index (χ0) is 16.9. The Kier molecular flexibility index (Phi) is 3.49. The Balaban J connectivity index is 1.46. The zero-order valence-electron chi connectivity index (χ0n) is 14.2. The number of carbonyl (C=O) groups excluding carboxylic acids is 1. The van der Waals surface area contributed by atoms with Gasteiger partial charge in [0.1, 0.15) is 5.69 Å². The number of fused-ring (bicyclic) bond motifs is 1. The molecule has 0 atom stereocenters. The molecule has 1 aliphatic rings. The van der Waals surface area contributed by atoms with Gasteiger partial charge in [-0.25, -0.2) is 4.98 Å². The van der Waals surface area contributed by atoms with Crippen molar-refractivity contribution in [3.63, 3.8) is 0 Å². The van der Waals surface area contributed by atoms with Gasteiger partial charge < -0.3 is 5.32 Å². The van der Waals surface area contributed by atoms with Gasteiger partial charge in [0.25, 0.3) is 5.91 Å². The van der Waals surface area contributed by atoms with Crippen LogP contribution in [-0.2, 0) is 6.54 Å². The first-order valence-corrected chi connectivity index (χ1v) is 9.07. The second-order valence-electron chi connectivity index (χ2n) is 6.87. The van der Waals surface area contributed by atoms with Crippen LogP contribution in [-0.4, -0.2) is 31.6 Å². The van der Waals surface area contributed by atoms with Crippen LogP contribution in [0, 0.1) is 26.2 Å². The van der Waals surface area contributed by atoms with E-state index in [1.807, 2.05) is 29.8 Å². The number of rotatable bonds is 5. The number of aromatic nitrogens is 4. The van der Waals surface area contributed by atoms with Gasteiger partial charge in [-0.15, -0.1) is 11.3 Å². The summed E-state index contributed by atoms with van der Waals surface area (Å²) in [6.07, 6.45) is 4.16. The highest BCUT2D eigenvalue weighted by Crippen LogP contribution is 2.46. The molecule has 0 aliphatic heterocycles. The standard InChI is InChI=1S/C17H21N5OS/c1-11-8-12(2)22(20-11)10-17(4-5-17)9-18-15(23)14-13(3)19-16-21(14)6-7-24-16/h6-8H,4-5,9-10H2,1-3H3,(H,18,23). The summed E-state index contributed by atoms with van der Waals surface area (Å²) >= 11 is 1.54. The Morgan fingerprint density at radius 2 is 2.17 bits per heavy atom. The maximum atomic E-state index is 12.6. The molecule has 4 rings (SSSR count). The summed E-state index contributed by atoms with van der Waals surface area (Å²) < 4.78 is 3.94. The van der Waals surface area contributed by atoms with Gasteiger partial charge in [-0.05, 0) is 39.7 Å². The van der Waals surface area contributed by atoms with Crippen LogP contribution in [0.25, 0.3) is 4.96 Å². The van der Waals surface area contributed by atoms with E-state index in [1.165, 1.54) is 5.69 Å². The molecule has 1 saturated carbocycles. The Hall–Kier alpha value is -2.15. The molecule has 3 aromatic rings. The van der Waals surface area contributed by atoms with E-state index < -0.39 is 0 Å². The minimum atomic E-state index is -0.0435. The molecular weight excluding hydrogens is 322 g/mol. The predicted octanol–water partition coefficient (Wildman–Crippen LogP) is 2.73. The predicted molar refractivity (Wildman–Crippen MR) is 93.5 cm³/mol. The quantitative estimate of drug-likeness (QED) is 0.775. The molecule has 0 radical (unpaired) electrons. The van der Waals surface area contributed by atoms with Crippen LogP contribution in [0.5, 0.6) is 0 Å². The molecule has 3 heterocycles. The molecule has 7 heteroatoms. The van der Waals surface area contributed by atoms with Gasteiger partial charge in [-0.2, -0.15) is 5.10 Å². The monoisotopic (exact) mass is 343 g/mol. The van der Waals surface area contributed by atoms with Gasteiger partial charge in [0.15, 0.2) is 4.96 Å². The molecule has 0 aromatic carbocycles. The molecule has 1 N–H and O–H groups in total. The van der Waals surface area contributed by atoms with E-state index in [9.17, 15) is 4.79 Å². The Bertz CT molecular complexity index is 915. The molecule has 1 fully saturated rings. The van der Waals surface area contributed by atoms with Crippen LogP contribution in [0.3, 0.4) is 0 Å². The molecule has 1 aliphatic carbocycles. The maximum Gasteiger partial charge on any atom is 0.270 e. The number of imidazole rings is 1.